The number of imidazole rings is 1. The number of hydrogen-bond donors (Lipinski definition) is 3. The zero-order chi connectivity index (χ0) is 26.8. The van der Waals surface area contributed by atoms with E-state index in [9.17, 15) is 9.59 Å². The number of nitrogens with one attached hydrogen (secondary N) is 3. The molecule has 4 aromatic rings. The lowest BCUT2D eigenvalue weighted by Crippen LogP contribution is -2.30. The summed E-state index contributed by atoms with van der Waals surface area (Å²) in [6, 6.07) is 17.4. The van der Waals surface area contributed by atoms with Crippen molar-refractivity contribution in [3.05, 3.63) is 71.9 Å². The molecule has 1 aliphatic carbocycles. The van der Waals surface area contributed by atoms with Gasteiger partial charge in [-0.3, -0.25) is 9.59 Å². The number of amides is 2. The van der Waals surface area contributed by atoms with Crippen LogP contribution in [0.15, 0.2) is 60.8 Å². The van der Waals surface area contributed by atoms with Crippen molar-refractivity contribution >= 4 is 23.1 Å². The third-order valence-electron chi connectivity index (χ3n) is 6.36. The van der Waals surface area contributed by atoms with E-state index in [0.717, 1.165) is 47.6 Å². The van der Waals surface area contributed by atoms with Crippen LogP contribution in [0.5, 0.6) is 0 Å². The molecule has 1 fully saturated rings. The summed E-state index contributed by atoms with van der Waals surface area (Å²) >= 11 is 0. The first kappa shape index (κ1) is 25.4. The van der Waals surface area contributed by atoms with Crippen molar-refractivity contribution in [2.45, 2.75) is 52.6 Å². The maximum absolute atomic E-state index is 12.6. The first-order valence-electron chi connectivity index (χ1n) is 13.2. The number of carbonyl (C=O) groups excluding carboxylic acids is 2. The van der Waals surface area contributed by atoms with Gasteiger partial charge in [0, 0.05) is 40.9 Å². The molecule has 3 N–H and O–H groups in total. The molecule has 0 aliphatic heterocycles. The molecule has 196 valence electrons. The van der Waals surface area contributed by atoms with E-state index in [1.165, 1.54) is 0 Å². The van der Waals surface area contributed by atoms with Crippen molar-refractivity contribution in [3.63, 3.8) is 0 Å². The van der Waals surface area contributed by atoms with Crippen molar-refractivity contribution in [3.8, 4) is 22.5 Å². The number of carbonyl (C=O) groups is 2. The van der Waals surface area contributed by atoms with Crippen LogP contribution in [0, 0.1) is 5.92 Å². The third-order valence-corrected chi connectivity index (χ3v) is 6.36. The van der Waals surface area contributed by atoms with E-state index in [4.69, 9.17) is 5.10 Å². The molecule has 2 aromatic carbocycles. The zero-order valence-corrected chi connectivity index (χ0v) is 22.3. The normalized spacial score (nSPS) is 13.2. The Labute approximate surface area is 222 Å². The fraction of sp³-hybridized carbons (Fsp3) is 0.333. The van der Waals surface area contributed by atoms with E-state index >= 15 is 0 Å². The molecule has 2 heterocycles. The van der Waals surface area contributed by atoms with Gasteiger partial charge in [-0.05, 0) is 62.9 Å². The van der Waals surface area contributed by atoms with Crippen molar-refractivity contribution in [2.75, 3.05) is 11.9 Å². The monoisotopic (exact) mass is 510 g/mol. The maximum Gasteiger partial charge on any atom is 0.251 e. The first-order valence-corrected chi connectivity index (χ1v) is 13.2. The Kier molecular flexibility index (Phi) is 7.13. The molecule has 0 atom stereocenters. The topological polar surface area (TPSA) is 100 Å². The number of benzene rings is 2. The molecule has 0 unspecified atom stereocenters. The molecule has 5 rings (SSSR count). The molecule has 0 spiro atoms. The van der Waals surface area contributed by atoms with Crippen LogP contribution < -0.4 is 16.0 Å². The quantitative estimate of drug-likeness (QED) is 0.289. The highest BCUT2D eigenvalue weighted by atomic mass is 16.2. The van der Waals surface area contributed by atoms with Crippen molar-refractivity contribution in [2.24, 2.45) is 5.92 Å². The number of rotatable bonds is 9. The largest absolute Gasteiger partial charge is 0.382 e. The molecule has 2 amide bonds. The van der Waals surface area contributed by atoms with Gasteiger partial charge in [-0.15, -0.1) is 0 Å². The molecular weight excluding hydrogens is 476 g/mol. The summed E-state index contributed by atoms with van der Waals surface area (Å²) in [5.41, 5.74) is 6.09. The molecule has 0 saturated heterocycles. The highest BCUT2D eigenvalue weighted by Crippen LogP contribution is 2.29. The molecular formula is C30H34N6O2. The Morgan fingerprint density at radius 3 is 2.39 bits per heavy atom. The van der Waals surface area contributed by atoms with Crippen LogP contribution in [0.3, 0.4) is 0 Å². The van der Waals surface area contributed by atoms with Crippen molar-refractivity contribution in [1.29, 1.82) is 0 Å². The van der Waals surface area contributed by atoms with E-state index in [2.05, 4.69) is 34.8 Å². The summed E-state index contributed by atoms with van der Waals surface area (Å²) in [4.78, 5) is 29.8. The predicted molar refractivity (Wildman–Crippen MR) is 150 cm³/mol. The van der Waals surface area contributed by atoms with Gasteiger partial charge >= 0.3 is 0 Å². The second kappa shape index (κ2) is 10.7. The second-order valence-electron chi connectivity index (χ2n) is 10.6. The smallest absolute Gasteiger partial charge is 0.251 e. The van der Waals surface area contributed by atoms with Gasteiger partial charge in [0.05, 0.1) is 23.3 Å². The van der Waals surface area contributed by atoms with Crippen molar-refractivity contribution in [1.82, 2.24) is 25.2 Å². The first-order chi connectivity index (χ1) is 18.3. The van der Waals surface area contributed by atoms with Crippen LogP contribution >= 0.6 is 0 Å². The summed E-state index contributed by atoms with van der Waals surface area (Å²) in [6.45, 7) is 8.97. The Balaban J connectivity index is 1.54. The molecule has 0 bridgehead atoms. The third kappa shape index (κ3) is 5.69. The van der Waals surface area contributed by atoms with E-state index in [0.29, 0.717) is 28.7 Å². The van der Waals surface area contributed by atoms with Gasteiger partial charge in [0.15, 0.2) is 5.65 Å². The highest BCUT2D eigenvalue weighted by Gasteiger charge is 2.24. The van der Waals surface area contributed by atoms with Gasteiger partial charge in [-0.25, -0.2) is 9.50 Å². The highest BCUT2D eigenvalue weighted by molar-refractivity contribution is 5.96. The van der Waals surface area contributed by atoms with Gasteiger partial charge in [0.25, 0.3) is 11.8 Å². The zero-order valence-electron chi connectivity index (χ0n) is 22.3. The Morgan fingerprint density at radius 2 is 1.71 bits per heavy atom. The summed E-state index contributed by atoms with van der Waals surface area (Å²) in [7, 11) is 0. The second-order valence-corrected chi connectivity index (χ2v) is 10.6. The Bertz CT molecular complexity index is 1470. The standard InChI is InChI=1S/C30H34N6O2/c1-18(2)16-31-26-15-25(22-6-5-7-23(14-22)30(38)33-19(3)4)35-36-27(17-32-28(26)36)20-8-10-21(11-9-20)29(37)34-24-12-13-24/h5-11,14-15,17-19,24,31H,12-13,16H2,1-4H3,(H,33,38)(H,34,37). The fourth-order valence-electron chi connectivity index (χ4n) is 4.20. The van der Waals surface area contributed by atoms with Gasteiger partial charge in [0.1, 0.15) is 0 Å². The van der Waals surface area contributed by atoms with Gasteiger partial charge in [-0.1, -0.05) is 38.1 Å². The number of aromatic nitrogens is 3. The SMILES string of the molecule is CC(C)CNc1cc(-c2cccc(C(=O)NC(C)C)c2)nn2c(-c3ccc(C(=O)NC4CC4)cc3)cnc12. The minimum Gasteiger partial charge on any atom is -0.382 e. The molecule has 1 saturated carbocycles. The van der Waals surface area contributed by atoms with Gasteiger partial charge < -0.3 is 16.0 Å². The Morgan fingerprint density at radius 1 is 0.947 bits per heavy atom. The molecule has 38 heavy (non-hydrogen) atoms. The predicted octanol–water partition coefficient (Wildman–Crippen LogP) is 5.16. The summed E-state index contributed by atoms with van der Waals surface area (Å²) in [6.07, 6.45) is 3.91. The van der Waals surface area contributed by atoms with E-state index in [1.54, 1.807) is 12.3 Å². The number of anilines is 1. The lowest BCUT2D eigenvalue weighted by atomic mass is 10.1. The van der Waals surface area contributed by atoms with Crippen LogP contribution in [-0.2, 0) is 0 Å². The van der Waals surface area contributed by atoms with Crippen LogP contribution in [0.25, 0.3) is 28.2 Å². The minimum atomic E-state index is -0.116. The molecule has 2 aromatic heterocycles. The fourth-order valence-corrected chi connectivity index (χ4v) is 4.20. The summed E-state index contributed by atoms with van der Waals surface area (Å²) in [5, 5.41) is 14.4. The van der Waals surface area contributed by atoms with Crippen LogP contribution in [-0.4, -0.2) is 45.0 Å². The lowest BCUT2D eigenvalue weighted by Gasteiger charge is -2.14. The minimum absolute atomic E-state index is 0.0424. The van der Waals surface area contributed by atoms with E-state index in [-0.39, 0.29) is 17.9 Å². The Hall–Kier alpha value is -4.20. The van der Waals surface area contributed by atoms with E-state index < -0.39 is 0 Å². The van der Waals surface area contributed by atoms with Crippen LogP contribution in [0.4, 0.5) is 5.69 Å². The lowest BCUT2D eigenvalue weighted by molar-refractivity contribution is 0.0937. The molecule has 8 heteroatoms. The average Bonchev–Trinajstić information content (AvgIpc) is 3.61. The number of nitrogens with zero attached hydrogens (tertiary/aromatic N) is 3. The summed E-state index contributed by atoms with van der Waals surface area (Å²) in [5.74, 6) is 0.285. The summed E-state index contributed by atoms with van der Waals surface area (Å²) < 4.78 is 1.83. The van der Waals surface area contributed by atoms with Crippen LogP contribution in [0.2, 0.25) is 0 Å². The maximum atomic E-state index is 12.6. The van der Waals surface area contributed by atoms with Crippen molar-refractivity contribution < 1.29 is 9.59 Å². The molecule has 0 radical (unpaired) electrons. The van der Waals surface area contributed by atoms with Gasteiger partial charge in [0.2, 0.25) is 0 Å². The van der Waals surface area contributed by atoms with Gasteiger partial charge in [-0.2, -0.15) is 5.10 Å². The number of fused-ring (bicyclic) bond motifs is 1. The van der Waals surface area contributed by atoms with Crippen LogP contribution in [0.1, 0.15) is 61.3 Å². The average molecular weight is 511 g/mol. The van der Waals surface area contributed by atoms with E-state index in [1.807, 2.05) is 66.9 Å². The number of hydrogen-bond acceptors (Lipinski definition) is 5. The molecule has 8 nitrogen and oxygen atoms in total. The molecule has 1 aliphatic rings.